The van der Waals surface area contributed by atoms with Gasteiger partial charge in [-0.05, 0) is 11.6 Å². The number of hydrogen-bond donors (Lipinski definition) is 0. The number of aromatic nitrogens is 2. The zero-order valence-electron chi connectivity index (χ0n) is 5.00. The first kappa shape index (κ1) is 10.3. The summed E-state index contributed by atoms with van der Waals surface area (Å²) in [7, 11) is 0. The van der Waals surface area contributed by atoms with E-state index >= 15 is 0 Å². The van der Waals surface area contributed by atoms with Crippen molar-refractivity contribution in [2.45, 2.75) is 0 Å². The Kier molecular flexibility index (Phi) is 4.39. The summed E-state index contributed by atoms with van der Waals surface area (Å²) in [5.74, 6) is -1.35. The molecule has 4 nitrogen and oxygen atoms in total. The Morgan fingerprint density at radius 2 is 2.20 bits per heavy atom. The van der Waals surface area contributed by atoms with Gasteiger partial charge in [-0.15, -0.1) is 10.2 Å². The fourth-order valence-electron chi connectivity index (χ4n) is 0.288. The van der Waals surface area contributed by atoms with Crippen LogP contribution in [0, 0.1) is 0 Å². The van der Waals surface area contributed by atoms with Gasteiger partial charge in [0.2, 0.25) is 4.47 Å². The van der Waals surface area contributed by atoms with Gasteiger partial charge >= 0.3 is 29.6 Å². The molecule has 1 heterocycles. The van der Waals surface area contributed by atoms with Crippen LogP contribution < -0.4 is 34.7 Å². The molecule has 48 valence electrons. The van der Waals surface area contributed by atoms with Gasteiger partial charge in [0.05, 0.1) is 0 Å². The van der Waals surface area contributed by atoms with Gasteiger partial charge in [-0.25, -0.2) is 0 Å². The van der Waals surface area contributed by atoms with Crippen molar-refractivity contribution in [2.24, 2.45) is 0 Å². The monoisotopic (exact) mass is 186 g/mol. The predicted octanol–water partition coefficient (Wildman–Crippen LogP) is -3.44. The standard InChI is InChI=1S/C3HClN2O2S.Na/c4-3-6-5-1(9-3)2(7)8;/h(H,7,8);/q;+1/p-1. The molecule has 1 aromatic heterocycles. The van der Waals surface area contributed by atoms with Crippen LogP contribution in [0.25, 0.3) is 0 Å². The van der Waals surface area contributed by atoms with Crippen LogP contribution in [0.2, 0.25) is 4.47 Å². The molecule has 0 atom stereocenters. The van der Waals surface area contributed by atoms with Gasteiger partial charge in [0, 0.05) is 0 Å². The largest absolute Gasteiger partial charge is 1.00 e. The molecule has 0 amide bonds. The number of nitrogens with zero attached hydrogens (tertiary/aromatic N) is 2. The quantitative estimate of drug-likeness (QED) is 0.428. The molecular formula is C3ClN2NaO2S. The number of carbonyl (C=O) groups is 1. The first-order valence-corrected chi connectivity index (χ1v) is 3.10. The summed E-state index contributed by atoms with van der Waals surface area (Å²) in [5.41, 5.74) is 0. The second-order valence-corrected chi connectivity index (χ2v) is 2.71. The van der Waals surface area contributed by atoms with Crippen LogP contribution in [0.3, 0.4) is 0 Å². The van der Waals surface area contributed by atoms with E-state index in [2.05, 4.69) is 10.2 Å². The maximum absolute atomic E-state index is 9.95. The van der Waals surface area contributed by atoms with Crippen molar-refractivity contribution in [1.82, 2.24) is 10.2 Å². The molecule has 0 aromatic carbocycles. The van der Waals surface area contributed by atoms with E-state index in [0.29, 0.717) is 0 Å². The topological polar surface area (TPSA) is 65.9 Å². The number of carboxylic acid groups (broad SMARTS) is 1. The van der Waals surface area contributed by atoms with Gasteiger partial charge < -0.3 is 9.90 Å². The number of carboxylic acids is 1. The summed E-state index contributed by atoms with van der Waals surface area (Å²) in [6.07, 6.45) is 0. The molecule has 0 N–H and O–H groups in total. The van der Waals surface area contributed by atoms with Gasteiger partial charge in [-0.3, -0.25) is 0 Å². The van der Waals surface area contributed by atoms with E-state index in [1.165, 1.54) is 0 Å². The van der Waals surface area contributed by atoms with E-state index in [0.717, 1.165) is 11.3 Å². The number of carbonyl (C=O) groups excluding carboxylic acids is 1. The second-order valence-electron chi connectivity index (χ2n) is 1.15. The van der Waals surface area contributed by atoms with Crippen LogP contribution in [0.4, 0.5) is 0 Å². The Bertz CT molecular complexity index is 240. The predicted molar refractivity (Wildman–Crippen MR) is 29.2 cm³/mol. The molecule has 1 rings (SSSR count). The van der Waals surface area contributed by atoms with E-state index < -0.39 is 5.97 Å². The number of halogens is 1. The van der Waals surface area contributed by atoms with Crippen LogP contribution in [0.15, 0.2) is 0 Å². The molecule has 1 aromatic rings. The summed E-state index contributed by atoms with van der Waals surface area (Å²) >= 11 is 6.04. The van der Waals surface area contributed by atoms with E-state index in [9.17, 15) is 9.90 Å². The van der Waals surface area contributed by atoms with Gasteiger partial charge in [-0.1, -0.05) is 11.3 Å². The SMILES string of the molecule is O=C([O-])c1nnc(Cl)s1.[Na+]. The Labute approximate surface area is 87.5 Å². The molecule has 0 fully saturated rings. The first-order chi connectivity index (χ1) is 4.20. The Morgan fingerprint density at radius 1 is 1.60 bits per heavy atom. The summed E-state index contributed by atoms with van der Waals surface area (Å²) in [4.78, 5) is 9.95. The van der Waals surface area contributed by atoms with Crippen molar-refractivity contribution in [3.05, 3.63) is 9.47 Å². The van der Waals surface area contributed by atoms with Crippen LogP contribution in [0.5, 0.6) is 0 Å². The smallest absolute Gasteiger partial charge is 0.542 e. The Hall–Kier alpha value is 0.320. The second kappa shape index (κ2) is 4.25. The van der Waals surface area contributed by atoms with E-state index in [1.54, 1.807) is 0 Å². The van der Waals surface area contributed by atoms with Crippen LogP contribution in [-0.4, -0.2) is 16.2 Å². The summed E-state index contributed by atoms with van der Waals surface area (Å²) in [5, 5.41) is 16.2. The zero-order valence-corrected chi connectivity index (χ0v) is 8.57. The van der Waals surface area contributed by atoms with Crippen molar-refractivity contribution in [2.75, 3.05) is 0 Å². The summed E-state index contributed by atoms with van der Waals surface area (Å²) in [6.45, 7) is 0. The normalized spacial score (nSPS) is 8.50. The van der Waals surface area contributed by atoms with Crippen molar-refractivity contribution >= 4 is 28.9 Å². The third-order valence-electron chi connectivity index (χ3n) is 0.575. The number of aromatic carboxylic acids is 1. The van der Waals surface area contributed by atoms with Gasteiger partial charge in [0.1, 0.15) is 5.97 Å². The molecule has 10 heavy (non-hydrogen) atoms. The molecule has 0 spiro atoms. The molecule has 0 radical (unpaired) electrons. The van der Waals surface area contributed by atoms with Crippen LogP contribution >= 0.6 is 22.9 Å². The van der Waals surface area contributed by atoms with Crippen molar-refractivity contribution in [3.63, 3.8) is 0 Å². The number of hydrogen-bond acceptors (Lipinski definition) is 5. The molecule has 0 saturated carbocycles. The third-order valence-corrected chi connectivity index (χ3v) is 1.57. The molecule has 7 heteroatoms. The summed E-state index contributed by atoms with van der Waals surface area (Å²) in [6, 6.07) is 0. The van der Waals surface area contributed by atoms with Crippen LogP contribution in [0.1, 0.15) is 9.80 Å². The minimum Gasteiger partial charge on any atom is -0.542 e. The maximum atomic E-state index is 9.95. The minimum absolute atomic E-state index is 0. The average Bonchev–Trinajstić information content (AvgIpc) is 2.14. The Balaban J connectivity index is 0.000000810. The van der Waals surface area contributed by atoms with Gasteiger partial charge in [-0.2, -0.15) is 0 Å². The van der Waals surface area contributed by atoms with Crippen LogP contribution in [-0.2, 0) is 0 Å². The third kappa shape index (κ3) is 2.51. The molecular weight excluding hydrogens is 187 g/mol. The van der Waals surface area contributed by atoms with E-state index in [-0.39, 0.29) is 39.0 Å². The fourth-order valence-corrected chi connectivity index (χ4v) is 0.951. The van der Waals surface area contributed by atoms with E-state index in [4.69, 9.17) is 11.6 Å². The van der Waals surface area contributed by atoms with Gasteiger partial charge in [0.15, 0.2) is 5.01 Å². The Morgan fingerprint density at radius 3 is 2.40 bits per heavy atom. The van der Waals surface area contributed by atoms with E-state index in [1.807, 2.05) is 0 Å². The molecule has 0 aliphatic carbocycles. The molecule has 0 unspecified atom stereocenters. The van der Waals surface area contributed by atoms with Crippen molar-refractivity contribution in [1.29, 1.82) is 0 Å². The van der Waals surface area contributed by atoms with Gasteiger partial charge in [0.25, 0.3) is 0 Å². The summed E-state index contributed by atoms with van der Waals surface area (Å²) < 4.78 is 0.106. The first-order valence-electron chi connectivity index (χ1n) is 1.90. The molecule has 0 saturated heterocycles. The number of rotatable bonds is 1. The fraction of sp³-hybridized carbons (Fsp3) is 0. The zero-order chi connectivity index (χ0) is 6.85. The average molecular weight is 187 g/mol. The van der Waals surface area contributed by atoms with Crippen molar-refractivity contribution < 1.29 is 39.5 Å². The molecule has 0 bridgehead atoms. The van der Waals surface area contributed by atoms with Crippen molar-refractivity contribution in [3.8, 4) is 0 Å². The maximum Gasteiger partial charge on any atom is 1.00 e. The molecule has 0 aliphatic rings. The minimum atomic E-state index is -1.35. The molecule has 0 aliphatic heterocycles.